The number of carbonyl (C=O) groups is 1. The van der Waals surface area contributed by atoms with Crippen LogP contribution in [-0.4, -0.2) is 17.3 Å². The van der Waals surface area contributed by atoms with Crippen molar-refractivity contribution in [2.45, 2.75) is 32.1 Å². The van der Waals surface area contributed by atoms with Gasteiger partial charge >= 0.3 is 0 Å². The Labute approximate surface area is 76.6 Å². The summed E-state index contributed by atoms with van der Waals surface area (Å²) in [6, 6.07) is 0. The van der Waals surface area contributed by atoms with Crippen molar-refractivity contribution < 1.29 is 4.79 Å². The van der Waals surface area contributed by atoms with Gasteiger partial charge in [-0.3, -0.25) is 4.79 Å². The molecule has 1 saturated heterocycles. The molecule has 0 aromatic carbocycles. The molecule has 0 aromatic rings. The minimum absolute atomic E-state index is 0.368. The van der Waals surface area contributed by atoms with Crippen LogP contribution in [0.4, 0.5) is 0 Å². The summed E-state index contributed by atoms with van der Waals surface area (Å²) >= 11 is 0. The van der Waals surface area contributed by atoms with Gasteiger partial charge in [0.1, 0.15) is 11.5 Å². The molecule has 2 rings (SSSR count). The first-order valence-corrected chi connectivity index (χ1v) is 6.35. The first-order chi connectivity index (χ1) is 5.88. The topological polar surface area (TPSA) is 17.1 Å². The summed E-state index contributed by atoms with van der Waals surface area (Å²) < 4.78 is 0. The molecule has 66 valence electrons. The van der Waals surface area contributed by atoms with Crippen LogP contribution in [0, 0.1) is 0 Å². The molecule has 1 fully saturated rings. The summed E-state index contributed by atoms with van der Waals surface area (Å²) in [6.45, 7) is 0. The Kier molecular flexibility index (Phi) is 2.54. The van der Waals surface area contributed by atoms with Crippen molar-refractivity contribution in [1.29, 1.82) is 0 Å². The van der Waals surface area contributed by atoms with Gasteiger partial charge in [-0.1, -0.05) is 0 Å². The Morgan fingerprint density at radius 3 is 2.58 bits per heavy atom. The van der Waals surface area contributed by atoms with E-state index < -0.39 is 0 Å². The molecule has 0 N–H and O–H groups in total. The molecule has 0 saturated carbocycles. The average molecular weight is 183 g/mol. The van der Waals surface area contributed by atoms with Crippen LogP contribution in [0.5, 0.6) is 0 Å². The summed E-state index contributed by atoms with van der Waals surface area (Å²) in [5.41, 5.74) is 0. The fourth-order valence-electron chi connectivity index (χ4n) is 1.89. The number of allylic oxidation sites excluding steroid dienone is 2. The van der Waals surface area contributed by atoms with Gasteiger partial charge in [0.2, 0.25) is 5.78 Å². The normalized spacial score (nSPS) is 26.0. The zero-order valence-electron chi connectivity index (χ0n) is 7.34. The van der Waals surface area contributed by atoms with Gasteiger partial charge in [0.05, 0.1) is 0 Å². The average Bonchev–Trinajstić information content (AvgIpc) is 2.57. The van der Waals surface area contributed by atoms with Gasteiger partial charge < -0.3 is 0 Å². The molecule has 2 aliphatic rings. The Balaban J connectivity index is 2.09. The molecule has 0 unspecified atom stereocenters. The van der Waals surface area contributed by atoms with Crippen LogP contribution in [0.25, 0.3) is 0 Å². The molecular formula is C10H15OS+. The summed E-state index contributed by atoms with van der Waals surface area (Å²) in [6.07, 6.45) is 7.93. The summed E-state index contributed by atoms with van der Waals surface area (Å²) in [7, 11) is 0.368. The third-order valence-electron chi connectivity index (χ3n) is 2.55. The van der Waals surface area contributed by atoms with Crippen molar-refractivity contribution >= 4 is 16.7 Å². The van der Waals surface area contributed by atoms with Crippen LogP contribution in [0.15, 0.2) is 11.0 Å². The van der Waals surface area contributed by atoms with Crippen molar-refractivity contribution in [3.63, 3.8) is 0 Å². The van der Waals surface area contributed by atoms with E-state index in [9.17, 15) is 4.79 Å². The second kappa shape index (κ2) is 3.65. The third kappa shape index (κ3) is 1.58. The van der Waals surface area contributed by atoms with Crippen molar-refractivity contribution in [3.05, 3.63) is 11.0 Å². The molecule has 12 heavy (non-hydrogen) atoms. The standard InChI is InChI=1S/C10H15OS/c11-9-5-1-2-6-10(9)12-7-3-4-8-12/h6H,1-5,7-8H2/q+1. The lowest BCUT2D eigenvalue weighted by molar-refractivity contribution is -0.115. The quantitative estimate of drug-likeness (QED) is 0.568. The summed E-state index contributed by atoms with van der Waals surface area (Å²) in [4.78, 5) is 12.7. The molecule has 1 aliphatic heterocycles. The lowest BCUT2D eigenvalue weighted by Crippen LogP contribution is -2.17. The van der Waals surface area contributed by atoms with Crippen LogP contribution >= 0.6 is 0 Å². The van der Waals surface area contributed by atoms with E-state index in [0.29, 0.717) is 16.7 Å². The maximum absolute atomic E-state index is 11.5. The van der Waals surface area contributed by atoms with Gasteiger partial charge in [-0.15, -0.1) is 0 Å². The smallest absolute Gasteiger partial charge is 0.209 e. The fraction of sp³-hybridized carbons (Fsp3) is 0.700. The van der Waals surface area contributed by atoms with E-state index in [4.69, 9.17) is 0 Å². The Hall–Kier alpha value is -0.240. The van der Waals surface area contributed by atoms with E-state index in [1.165, 1.54) is 29.3 Å². The maximum atomic E-state index is 11.5. The van der Waals surface area contributed by atoms with E-state index in [1.807, 2.05) is 0 Å². The number of Topliss-reactive ketones (excluding diaryl/α,β-unsaturated/α-hetero) is 1. The molecule has 0 atom stereocenters. The highest BCUT2D eigenvalue weighted by molar-refractivity contribution is 8.01. The van der Waals surface area contributed by atoms with Gasteiger partial charge in [-0.05, 0) is 31.8 Å². The van der Waals surface area contributed by atoms with Gasteiger partial charge in [-0.2, -0.15) is 0 Å². The molecule has 1 nitrogen and oxygen atoms in total. The van der Waals surface area contributed by atoms with Crippen molar-refractivity contribution in [2.24, 2.45) is 0 Å². The Morgan fingerprint density at radius 2 is 1.92 bits per heavy atom. The zero-order chi connectivity index (χ0) is 8.39. The van der Waals surface area contributed by atoms with Crippen molar-refractivity contribution in [2.75, 3.05) is 11.5 Å². The second-order valence-electron chi connectivity index (χ2n) is 3.49. The maximum Gasteiger partial charge on any atom is 0.209 e. The van der Waals surface area contributed by atoms with Gasteiger partial charge in [0.15, 0.2) is 4.91 Å². The number of carbonyl (C=O) groups excluding carboxylic acids is 1. The molecule has 0 aromatic heterocycles. The molecule has 2 heteroatoms. The van der Waals surface area contributed by atoms with Crippen molar-refractivity contribution in [1.82, 2.24) is 0 Å². The Bertz CT molecular complexity index is 214. The van der Waals surface area contributed by atoms with Crippen LogP contribution in [0.1, 0.15) is 32.1 Å². The van der Waals surface area contributed by atoms with E-state index >= 15 is 0 Å². The lowest BCUT2D eigenvalue weighted by atomic mass is 10.1. The minimum atomic E-state index is 0.368. The van der Waals surface area contributed by atoms with Gasteiger partial charge in [0, 0.05) is 17.3 Å². The molecule has 1 aliphatic carbocycles. The predicted molar refractivity (Wildman–Crippen MR) is 53.3 cm³/mol. The third-order valence-corrected chi connectivity index (χ3v) is 5.13. The van der Waals surface area contributed by atoms with Crippen molar-refractivity contribution in [3.8, 4) is 0 Å². The van der Waals surface area contributed by atoms with E-state index in [1.54, 1.807) is 0 Å². The molecule has 0 bridgehead atoms. The number of hydrogen-bond acceptors (Lipinski definition) is 1. The van der Waals surface area contributed by atoms with Crippen LogP contribution in [0.3, 0.4) is 0 Å². The molecular weight excluding hydrogens is 168 g/mol. The minimum Gasteiger partial charge on any atom is -0.289 e. The lowest BCUT2D eigenvalue weighted by Gasteiger charge is -2.08. The van der Waals surface area contributed by atoms with Crippen LogP contribution < -0.4 is 0 Å². The molecule has 0 amide bonds. The highest BCUT2D eigenvalue weighted by Gasteiger charge is 2.34. The van der Waals surface area contributed by atoms with E-state index in [0.717, 1.165) is 19.3 Å². The second-order valence-corrected chi connectivity index (χ2v) is 5.73. The Morgan fingerprint density at radius 1 is 1.17 bits per heavy atom. The molecule has 1 heterocycles. The highest BCUT2D eigenvalue weighted by atomic mass is 32.2. The SMILES string of the molecule is O=C1CCCC=C1[S+]1CCCC1. The number of ketones is 1. The van der Waals surface area contributed by atoms with Gasteiger partial charge in [0.25, 0.3) is 0 Å². The van der Waals surface area contributed by atoms with Gasteiger partial charge in [-0.25, -0.2) is 0 Å². The molecule has 0 spiro atoms. The summed E-state index contributed by atoms with van der Waals surface area (Å²) in [5, 5.41) is 0. The first-order valence-electron chi connectivity index (χ1n) is 4.79. The monoisotopic (exact) mass is 183 g/mol. The zero-order valence-corrected chi connectivity index (χ0v) is 8.16. The van der Waals surface area contributed by atoms with Crippen LogP contribution in [0.2, 0.25) is 0 Å². The predicted octanol–water partition coefficient (Wildman–Crippen LogP) is 2.04. The number of hydrogen-bond donors (Lipinski definition) is 0. The van der Waals surface area contributed by atoms with E-state index in [-0.39, 0.29) is 0 Å². The van der Waals surface area contributed by atoms with E-state index in [2.05, 4.69) is 6.08 Å². The largest absolute Gasteiger partial charge is 0.289 e. The molecule has 0 radical (unpaired) electrons. The first kappa shape index (κ1) is 8.36. The van der Waals surface area contributed by atoms with Crippen LogP contribution in [-0.2, 0) is 15.7 Å². The number of rotatable bonds is 1. The highest BCUT2D eigenvalue weighted by Crippen LogP contribution is 2.26. The summed E-state index contributed by atoms with van der Waals surface area (Å²) in [5.74, 6) is 3.03. The fourth-order valence-corrected chi connectivity index (χ4v) is 4.41.